The molecule has 3 amide bonds. The molecule has 10 heteroatoms. The predicted molar refractivity (Wildman–Crippen MR) is 68.9 cm³/mol. The molecule has 2 rings (SSSR count). The maximum absolute atomic E-state index is 11.8. The quantitative estimate of drug-likeness (QED) is 0.762. The Morgan fingerprint density at radius 2 is 2.20 bits per heavy atom. The Morgan fingerprint density at radius 3 is 2.80 bits per heavy atom. The van der Waals surface area contributed by atoms with Crippen molar-refractivity contribution < 1.29 is 24.3 Å². The lowest BCUT2D eigenvalue weighted by molar-refractivity contribution is -0.305. The van der Waals surface area contributed by atoms with Crippen LogP contribution in [0.1, 0.15) is 6.42 Å². The summed E-state index contributed by atoms with van der Waals surface area (Å²) in [4.78, 5) is 49.8. The van der Waals surface area contributed by atoms with E-state index in [1.54, 1.807) is 5.38 Å². The van der Waals surface area contributed by atoms with Gasteiger partial charge in [-0.25, -0.2) is 4.98 Å². The Bertz CT molecular complexity index is 559. The number of amides is 3. The fourth-order valence-electron chi connectivity index (χ4n) is 1.52. The van der Waals surface area contributed by atoms with Crippen molar-refractivity contribution >= 4 is 51.3 Å². The first-order valence-corrected chi connectivity index (χ1v) is 7.14. The maximum Gasteiger partial charge on any atom is 0.289 e. The number of rotatable bonds is 5. The second-order valence-electron chi connectivity index (χ2n) is 3.76. The average Bonchev–Trinajstić information content (AvgIpc) is 2.93. The largest absolute Gasteiger partial charge is 0.548 e. The van der Waals surface area contributed by atoms with Crippen molar-refractivity contribution in [2.24, 2.45) is 0 Å². The highest BCUT2D eigenvalue weighted by atomic mass is 32.2. The van der Waals surface area contributed by atoms with E-state index < -0.39 is 34.8 Å². The van der Waals surface area contributed by atoms with Crippen LogP contribution in [0.4, 0.5) is 9.93 Å². The lowest BCUT2D eigenvalue weighted by atomic mass is 10.2. The molecule has 1 N–H and O–H groups in total. The summed E-state index contributed by atoms with van der Waals surface area (Å²) >= 11 is 1.85. The van der Waals surface area contributed by atoms with Gasteiger partial charge >= 0.3 is 0 Å². The second-order valence-corrected chi connectivity index (χ2v) is 5.81. The molecule has 0 spiro atoms. The highest BCUT2D eigenvalue weighted by Crippen LogP contribution is 2.29. The molecule has 0 aromatic carbocycles. The minimum Gasteiger partial charge on any atom is -0.548 e. The van der Waals surface area contributed by atoms with Crippen LogP contribution in [-0.2, 0) is 14.4 Å². The van der Waals surface area contributed by atoms with E-state index >= 15 is 0 Å². The molecular formula is C10H8N3O5S2-. The van der Waals surface area contributed by atoms with Crippen LogP contribution in [0.2, 0.25) is 0 Å². The van der Waals surface area contributed by atoms with Crippen molar-refractivity contribution in [2.75, 3.05) is 11.9 Å². The van der Waals surface area contributed by atoms with Crippen molar-refractivity contribution in [3.63, 3.8) is 0 Å². The van der Waals surface area contributed by atoms with E-state index in [4.69, 9.17) is 0 Å². The van der Waals surface area contributed by atoms with Crippen molar-refractivity contribution in [1.29, 1.82) is 0 Å². The van der Waals surface area contributed by atoms with Crippen LogP contribution in [0.25, 0.3) is 0 Å². The first-order valence-electron chi connectivity index (χ1n) is 5.38. The van der Waals surface area contributed by atoms with E-state index in [0.717, 1.165) is 0 Å². The molecule has 2 heterocycles. The monoisotopic (exact) mass is 314 g/mol. The summed E-state index contributed by atoms with van der Waals surface area (Å²) in [5, 5.41) is 13.4. The molecule has 106 valence electrons. The highest BCUT2D eigenvalue weighted by Gasteiger charge is 2.40. The predicted octanol–water partition coefficient (Wildman–Crippen LogP) is -0.714. The maximum atomic E-state index is 11.8. The third kappa shape index (κ3) is 3.33. The van der Waals surface area contributed by atoms with Gasteiger partial charge in [0.15, 0.2) is 5.13 Å². The molecule has 1 aromatic rings. The minimum atomic E-state index is -1.53. The number of hydrogen-bond acceptors (Lipinski definition) is 8. The summed E-state index contributed by atoms with van der Waals surface area (Å²) in [7, 11) is 0. The van der Waals surface area contributed by atoms with E-state index in [1.807, 2.05) is 0 Å². The number of thiazole rings is 1. The van der Waals surface area contributed by atoms with Crippen LogP contribution >= 0.6 is 23.1 Å². The normalized spacial score (nSPS) is 18.4. The van der Waals surface area contributed by atoms with E-state index in [-0.39, 0.29) is 6.42 Å². The SMILES string of the molecule is O=C([O-])CN1C(=O)SC(CC(=O)Nc2nccs2)C1=O. The summed E-state index contributed by atoms with van der Waals surface area (Å²) in [6.07, 6.45) is 1.29. The number of thioether (sulfide) groups is 1. The van der Waals surface area contributed by atoms with Gasteiger partial charge in [-0.1, -0.05) is 11.8 Å². The standard InChI is InChI=1S/C10H9N3O5S2/c14-6(12-9-11-1-2-19-9)3-5-8(17)13(4-7(15)16)10(18)20-5/h1-2,5H,3-4H2,(H,15,16)(H,11,12,14)/p-1. The Morgan fingerprint density at radius 1 is 1.45 bits per heavy atom. The number of anilines is 1. The van der Waals surface area contributed by atoms with Gasteiger partial charge in [-0.2, -0.15) is 0 Å². The van der Waals surface area contributed by atoms with Crippen LogP contribution in [0, 0.1) is 0 Å². The molecule has 0 aliphatic carbocycles. The Kier molecular flexibility index (Phi) is 4.35. The Labute approximate surface area is 121 Å². The molecule has 0 saturated carbocycles. The van der Waals surface area contributed by atoms with Crippen molar-refractivity contribution in [3.05, 3.63) is 11.6 Å². The van der Waals surface area contributed by atoms with Gasteiger partial charge in [0.05, 0.1) is 12.5 Å². The molecule has 1 unspecified atom stereocenters. The zero-order chi connectivity index (χ0) is 14.7. The number of nitrogens with zero attached hydrogens (tertiary/aromatic N) is 2. The zero-order valence-corrected chi connectivity index (χ0v) is 11.5. The van der Waals surface area contributed by atoms with Gasteiger partial charge in [-0.15, -0.1) is 11.3 Å². The van der Waals surface area contributed by atoms with Crippen molar-refractivity contribution in [1.82, 2.24) is 9.88 Å². The molecular weight excluding hydrogens is 306 g/mol. The Balaban J connectivity index is 1.93. The number of carbonyl (C=O) groups excluding carboxylic acids is 4. The van der Waals surface area contributed by atoms with Gasteiger partial charge < -0.3 is 15.2 Å². The molecule has 1 aromatic heterocycles. The molecule has 1 atom stereocenters. The van der Waals surface area contributed by atoms with E-state index in [9.17, 15) is 24.3 Å². The summed E-state index contributed by atoms with van der Waals surface area (Å²) in [6, 6.07) is 0. The molecule has 20 heavy (non-hydrogen) atoms. The first kappa shape index (κ1) is 14.5. The lowest BCUT2D eigenvalue weighted by Crippen LogP contribution is -2.42. The van der Waals surface area contributed by atoms with E-state index in [1.165, 1.54) is 17.5 Å². The number of nitrogens with one attached hydrogen (secondary N) is 1. The van der Waals surface area contributed by atoms with Gasteiger partial charge in [0.25, 0.3) is 5.24 Å². The van der Waals surface area contributed by atoms with E-state index in [2.05, 4.69) is 10.3 Å². The number of aliphatic carboxylic acids is 1. The summed E-state index contributed by atoms with van der Waals surface area (Å²) in [6.45, 7) is -0.796. The minimum absolute atomic E-state index is 0.224. The Hall–Kier alpha value is -1.94. The van der Waals surface area contributed by atoms with Crippen molar-refractivity contribution in [3.8, 4) is 0 Å². The molecule has 1 aliphatic heterocycles. The van der Waals surface area contributed by atoms with Crippen LogP contribution in [0.5, 0.6) is 0 Å². The van der Waals surface area contributed by atoms with Gasteiger partial charge in [0, 0.05) is 18.0 Å². The number of carboxylic acids is 1. The lowest BCUT2D eigenvalue weighted by Gasteiger charge is -2.13. The molecule has 1 fully saturated rings. The van der Waals surface area contributed by atoms with Gasteiger partial charge in [-0.3, -0.25) is 19.3 Å². The first-order chi connectivity index (χ1) is 9.47. The number of aromatic nitrogens is 1. The molecule has 0 radical (unpaired) electrons. The number of carboxylic acid groups (broad SMARTS) is 1. The molecule has 8 nitrogen and oxygen atoms in total. The number of hydrogen-bond donors (Lipinski definition) is 1. The third-order valence-electron chi connectivity index (χ3n) is 2.34. The number of carbonyl (C=O) groups is 4. The fourth-order valence-corrected chi connectivity index (χ4v) is 3.06. The van der Waals surface area contributed by atoms with Gasteiger partial charge in [0.1, 0.15) is 5.25 Å². The van der Waals surface area contributed by atoms with Crippen LogP contribution in [0.3, 0.4) is 0 Å². The fraction of sp³-hybridized carbons (Fsp3) is 0.300. The molecule has 0 bridgehead atoms. The zero-order valence-electron chi connectivity index (χ0n) is 9.90. The topological polar surface area (TPSA) is 120 Å². The van der Waals surface area contributed by atoms with Crippen molar-refractivity contribution in [2.45, 2.75) is 11.7 Å². The second kappa shape index (κ2) is 6.01. The summed E-state index contributed by atoms with van der Waals surface area (Å²) < 4.78 is 0. The van der Waals surface area contributed by atoms with Gasteiger partial charge in [-0.05, 0) is 0 Å². The summed E-state index contributed by atoms with van der Waals surface area (Å²) in [5.41, 5.74) is 0. The highest BCUT2D eigenvalue weighted by molar-refractivity contribution is 8.15. The average molecular weight is 314 g/mol. The van der Waals surface area contributed by atoms with Crippen LogP contribution in [-0.4, -0.2) is 44.7 Å². The number of imide groups is 1. The third-order valence-corrected chi connectivity index (χ3v) is 4.10. The molecule has 1 aliphatic rings. The smallest absolute Gasteiger partial charge is 0.289 e. The van der Waals surface area contributed by atoms with Crippen LogP contribution in [0.15, 0.2) is 11.6 Å². The van der Waals surface area contributed by atoms with Crippen LogP contribution < -0.4 is 10.4 Å². The molecule has 1 saturated heterocycles. The van der Waals surface area contributed by atoms with E-state index in [0.29, 0.717) is 21.8 Å². The summed E-state index contributed by atoms with van der Waals surface area (Å²) in [5.74, 6) is -2.69. The van der Waals surface area contributed by atoms with Gasteiger partial charge in [0.2, 0.25) is 11.8 Å².